The zero-order valence-corrected chi connectivity index (χ0v) is 14.8. The molecule has 2 aromatic rings. The van der Waals surface area contributed by atoms with Gasteiger partial charge in [0, 0.05) is 44.0 Å². The Kier molecular flexibility index (Phi) is 5.30. The van der Waals surface area contributed by atoms with Gasteiger partial charge in [-0.15, -0.1) is 0 Å². The highest BCUT2D eigenvalue weighted by Gasteiger charge is 2.24. The molecule has 1 atom stereocenters. The Morgan fingerprint density at radius 3 is 2.58 bits per heavy atom. The number of urea groups is 1. The third-order valence-corrected chi connectivity index (χ3v) is 5.07. The summed E-state index contributed by atoms with van der Waals surface area (Å²) in [6, 6.07) is 7.39. The van der Waals surface area contributed by atoms with Gasteiger partial charge in [-0.2, -0.15) is 11.8 Å². The van der Waals surface area contributed by atoms with Crippen molar-refractivity contribution in [3.63, 3.8) is 0 Å². The highest BCUT2D eigenvalue weighted by atomic mass is 32.2. The fourth-order valence-electron chi connectivity index (χ4n) is 2.73. The standard InChI is InChI=1S/C17H22N4O2S/c1-20-8-7-18-16(20)15(13-3-5-14(23-2)6-4-13)19-17(22)21-9-11-24-12-10-21/h3-8,15H,9-12H2,1-2H3,(H,19,22)/t15-/m0/s1. The van der Waals surface area contributed by atoms with Crippen LogP contribution in [0, 0.1) is 0 Å². The van der Waals surface area contributed by atoms with E-state index in [2.05, 4.69) is 10.3 Å². The summed E-state index contributed by atoms with van der Waals surface area (Å²) >= 11 is 1.88. The SMILES string of the molecule is COc1ccc([C@H](NC(=O)N2CCSCC2)c2nccn2C)cc1. The van der Waals surface area contributed by atoms with Crippen molar-refractivity contribution in [2.75, 3.05) is 31.7 Å². The van der Waals surface area contributed by atoms with Crippen LogP contribution in [0.4, 0.5) is 4.79 Å². The number of hydrogen-bond donors (Lipinski definition) is 1. The number of benzene rings is 1. The fourth-order valence-corrected chi connectivity index (χ4v) is 3.63. The van der Waals surface area contributed by atoms with Crippen LogP contribution in [0.25, 0.3) is 0 Å². The summed E-state index contributed by atoms with van der Waals surface area (Å²) in [6.07, 6.45) is 3.63. The molecule has 0 radical (unpaired) electrons. The monoisotopic (exact) mass is 346 g/mol. The van der Waals surface area contributed by atoms with Gasteiger partial charge in [-0.1, -0.05) is 12.1 Å². The number of carbonyl (C=O) groups excluding carboxylic acids is 1. The van der Waals surface area contributed by atoms with Gasteiger partial charge in [-0.25, -0.2) is 9.78 Å². The number of aromatic nitrogens is 2. The Labute approximate surface area is 146 Å². The molecule has 0 saturated carbocycles. The van der Waals surface area contributed by atoms with E-state index < -0.39 is 0 Å². The van der Waals surface area contributed by atoms with Gasteiger partial charge in [0.1, 0.15) is 17.6 Å². The Bertz CT molecular complexity index is 680. The van der Waals surface area contributed by atoms with Crippen molar-refractivity contribution >= 4 is 17.8 Å². The number of amides is 2. The zero-order chi connectivity index (χ0) is 16.9. The molecule has 24 heavy (non-hydrogen) atoms. The van der Waals surface area contributed by atoms with Gasteiger partial charge >= 0.3 is 6.03 Å². The largest absolute Gasteiger partial charge is 0.497 e. The number of carbonyl (C=O) groups is 1. The van der Waals surface area contributed by atoms with E-state index in [0.717, 1.165) is 41.7 Å². The minimum atomic E-state index is -0.294. The molecule has 1 aromatic heterocycles. The summed E-state index contributed by atoms with van der Waals surface area (Å²) in [5.74, 6) is 3.57. The minimum absolute atomic E-state index is 0.0425. The van der Waals surface area contributed by atoms with Crippen LogP contribution in [-0.4, -0.2) is 52.2 Å². The highest BCUT2D eigenvalue weighted by Crippen LogP contribution is 2.23. The summed E-state index contributed by atoms with van der Waals surface area (Å²) in [7, 11) is 3.57. The van der Waals surface area contributed by atoms with Gasteiger partial charge in [-0.05, 0) is 17.7 Å². The maximum Gasteiger partial charge on any atom is 0.318 e. The first-order valence-corrected chi connectivity index (χ1v) is 9.09. The normalized spacial score (nSPS) is 15.8. The van der Waals surface area contributed by atoms with Crippen molar-refractivity contribution in [3.05, 3.63) is 48.0 Å². The molecule has 2 amide bonds. The first-order valence-electron chi connectivity index (χ1n) is 7.93. The molecule has 2 heterocycles. The fraction of sp³-hybridized carbons (Fsp3) is 0.412. The van der Waals surface area contributed by atoms with E-state index in [9.17, 15) is 4.79 Å². The lowest BCUT2D eigenvalue weighted by atomic mass is 10.1. The molecule has 3 rings (SSSR count). The van der Waals surface area contributed by atoms with E-state index in [4.69, 9.17) is 4.74 Å². The van der Waals surface area contributed by atoms with Crippen LogP contribution in [0.2, 0.25) is 0 Å². The smallest absolute Gasteiger partial charge is 0.318 e. The Hall–Kier alpha value is -2.15. The van der Waals surface area contributed by atoms with Crippen molar-refractivity contribution in [3.8, 4) is 5.75 Å². The van der Waals surface area contributed by atoms with Crippen LogP contribution in [0.3, 0.4) is 0 Å². The maximum absolute atomic E-state index is 12.7. The summed E-state index contributed by atoms with van der Waals surface area (Å²) in [5.41, 5.74) is 0.977. The third kappa shape index (κ3) is 3.67. The van der Waals surface area contributed by atoms with E-state index in [-0.39, 0.29) is 12.1 Å². The van der Waals surface area contributed by atoms with Gasteiger partial charge in [-0.3, -0.25) is 0 Å². The van der Waals surface area contributed by atoms with Crippen molar-refractivity contribution < 1.29 is 9.53 Å². The average Bonchev–Trinajstić information content (AvgIpc) is 3.06. The Morgan fingerprint density at radius 1 is 1.29 bits per heavy atom. The predicted molar refractivity (Wildman–Crippen MR) is 95.5 cm³/mol. The van der Waals surface area contributed by atoms with E-state index in [1.54, 1.807) is 13.3 Å². The number of thioether (sulfide) groups is 1. The second kappa shape index (κ2) is 7.61. The first kappa shape index (κ1) is 16.7. The van der Waals surface area contributed by atoms with Crippen LogP contribution < -0.4 is 10.1 Å². The van der Waals surface area contributed by atoms with Gasteiger partial charge in [0.05, 0.1) is 7.11 Å². The van der Waals surface area contributed by atoms with Crippen LogP contribution in [-0.2, 0) is 7.05 Å². The van der Waals surface area contributed by atoms with E-state index in [1.165, 1.54) is 0 Å². The number of nitrogens with one attached hydrogen (secondary N) is 1. The number of rotatable bonds is 4. The van der Waals surface area contributed by atoms with E-state index in [0.29, 0.717) is 0 Å². The summed E-state index contributed by atoms with van der Waals surface area (Å²) in [6.45, 7) is 1.57. The molecule has 0 bridgehead atoms. The topological polar surface area (TPSA) is 59.4 Å². The molecule has 1 fully saturated rings. The number of methoxy groups -OCH3 is 1. The van der Waals surface area contributed by atoms with Crippen LogP contribution in [0.15, 0.2) is 36.7 Å². The molecule has 7 heteroatoms. The molecule has 1 aliphatic rings. The Morgan fingerprint density at radius 2 is 2.00 bits per heavy atom. The van der Waals surface area contributed by atoms with Gasteiger partial charge in [0.2, 0.25) is 0 Å². The molecule has 1 aliphatic heterocycles. The third-order valence-electron chi connectivity index (χ3n) is 4.13. The second-order valence-corrected chi connectivity index (χ2v) is 6.88. The molecular weight excluding hydrogens is 324 g/mol. The van der Waals surface area contributed by atoms with Crippen molar-refractivity contribution in [1.29, 1.82) is 0 Å². The summed E-state index contributed by atoms with van der Waals surface area (Å²) in [4.78, 5) is 19.0. The van der Waals surface area contributed by atoms with Crippen molar-refractivity contribution in [2.24, 2.45) is 7.05 Å². The molecule has 1 aromatic carbocycles. The van der Waals surface area contributed by atoms with Gasteiger partial charge in [0.25, 0.3) is 0 Å². The zero-order valence-electron chi connectivity index (χ0n) is 13.9. The molecule has 6 nitrogen and oxygen atoms in total. The van der Waals surface area contributed by atoms with Crippen LogP contribution >= 0.6 is 11.8 Å². The second-order valence-electron chi connectivity index (χ2n) is 5.65. The molecule has 1 saturated heterocycles. The van der Waals surface area contributed by atoms with Gasteiger partial charge in [0.15, 0.2) is 0 Å². The number of imidazole rings is 1. The van der Waals surface area contributed by atoms with Gasteiger partial charge < -0.3 is 19.5 Å². The molecule has 0 aliphatic carbocycles. The van der Waals surface area contributed by atoms with Crippen molar-refractivity contribution in [2.45, 2.75) is 6.04 Å². The number of nitrogens with zero attached hydrogens (tertiary/aromatic N) is 3. The lowest BCUT2D eigenvalue weighted by Gasteiger charge is -2.29. The van der Waals surface area contributed by atoms with Crippen LogP contribution in [0.1, 0.15) is 17.4 Å². The molecule has 128 valence electrons. The number of aryl methyl sites for hydroxylation is 1. The Balaban J connectivity index is 1.84. The minimum Gasteiger partial charge on any atom is -0.497 e. The van der Waals surface area contributed by atoms with Crippen molar-refractivity contribution in [1.82, 2.24) is 19.8 Å². The average molecular weight is 346 g/mol. The maximum atomic E-state index is 12.7. The number of ether oxygens (including phenoxy) is 1. The number of hydrogen-bond acceptors (Lipinski definition) is 4. The molecule has 0 unspecified atom stereocenters. The lowest BCUT2D eigenvalue weighted by Crippen LogP contribution is -2.46. The van der Waals surface area contributed by atoms with E-state index >= 15 is 0 Å². The highest BCUT2D eigenvalue weighted by molar-refractivity contribution is 7.99. The lowest BCUT2D eigenvalue weighted by molar-refractivity contribution is 0.200. The van der Waals surface area contributed by atoms with E-state index in [1.807, 2.05) is 58.7 Å². The summed E-state index contributed by atoms with van der Waals surface area (Å²) in [5, 5.41) is 3.14. The molecular formula is C17H22N4O2S. The first-order chi connectivity index (χ1) is 11.7. The molecule has 1 N–H and O–H groups in total. The van der Waals surface area contributed by atoms with Crippen LogP contribution in [0.5, 0.6) is 5.75 Å². The quantitative estimate of drug-likeness (QED) is 0.923. The summed E-state index contributed by atoms with van der Waals surface area (Å²) < 4.78 is 7.15. The molecule has 0 spiro atoms. The predicted octanol–water partition coefficient (Wildman–Crippen LogP) is 2.28.